The largest absolute Gasteiger partial charge is 0.498 e. The van der Waals surface area contributed by atoms with Gasteiger partial charge in [-0.3, -0.25) is 13.8 Å². The lowest BCUT2D eigenvalue weighted by Crippen LogP contribution is -2.28. The van der Waals surface area contributed by atoms with Crippen LogP contribution < -0.4 is 5.73 Å². The van der Waals surface area contributed by atoms with Gasteiger partial charge in [-0.1, -0.05) is 132 Å². The van der Waals surface area contributed by atoms with Gasteiger partial charge in [-0.15, -0.1) is 0 Å². The molecule has 0 saturated carbocycles. The van der Waals surface area contributed by atoms with Crippen molar-refractivity contribution in [2.24, 2.45) is 5.73 Å². The summed E-state index contributed by atoms with van der Waals surface area (Å²) in [4.78, 5) is 22.4. The highest BCUT2D eigenvalue weighted by molar-refractivity contribution is 7.47. The number of phosphoric acid groups is 1. The van der Waals surface area contributed by atoms with Gasteiger partial charge in [-0.05, 0) is 83.1 Å². The Bertz CT molecular complexity index is 1050. The summed E-state index contributed by atoms with van der Waals surface area (Å²) in [6.45, 7) is 3.95. The summed E-state index contributed by atoms with van der Waals surface area (Å²) in [5, 5.41) is 10.3. The fraction of sp³-hybridized carbons (Fsp3) is 0.698. The molecule has 3 atom stereocenters. The number of carbonyl (C=O) groups excluding carboxylic acids is 1. The van der Waals surface area contributed by atoms with Gasteiger partial charge in [-0.2, -0.15) is 0 Å². The first-order chi connectivity index (χ1) is 25.8. The van der Waals surface area contributed by atoms with Crippen molar-refractivity contribution < 1.29 is 37.9 Å². The van der Waals surface area contributed by atoms with Crippen LogP contribution in [0, 0.1) is 0 Å². The Balaban J connectivity index is 4.36. The average molecular weight is 766 g/mol. The molecule has 10 heteroatoms. The van der Waals surface area contributed by atoms with Gasteiger partial charge in [0.1, 0.15) is 6.61 Å². The first kappa shape index (κ1) is 50.7. The molecule has 0 radical (unpaired) electrons. The number of ether oxygens (including phenoxy) is 2. The van der Waals surface area contributed by atoms with Crippen LogP contribution in [0.2, 0.25) is 0 Å². The van der Waals surface area contributed by atoms with Crippen LogP contribution in [0.3, 0.4) is 0 Å². The number of aliphatic hydroxyl groups is 1. The van der Waals surface area contributed by atoms with Gasteiger partial charge in [0.2, 0.25) is 0 Å². The standard InChI is InChI=1S/C43H76NO8P/c1-3-5-7-9-11-13-15-17-18-19-21-23-25-27-29-31-37-49-39-42(40-51-53(47,48)50-38-36-44)52-43(46)35-32-34-41(45)33-30-28-26-24-22-20-16-14-12-10-8-6-4-2/h12,14,17-18,20,22,26,28,30-31,33,37,41-42,45H,3-11,13,15-16,19,21,23-25,27,29,32,34-36,38-40,44H2,1-2H3,(H,47,48)/b14-12-,18-17-,22-20-,28-26-,33-30+,37-31+/t41-,42+/m0/s1. The van der Waals surface area contributed by atoms with E-state index in [1.807, 2.05) is 18.2 Å². The number of rotatable bonds is 38. The Morgan fingerprint density at radius 1 is 0.679 bits per heavy atom. The smallest absolute Gasteiger partial charge is 0.472 e. The van der Waals surface area contributed by atoms with Crippen molar-refractivity contribution in [2.45, 2.75) is 167 Å². The van der Waals surface area contributed by atoms with Crippen LogP contribution in [0.5, 0.6) is 0 Å². The molecule has 306 valence electrons. The van der Waals surface area contributed by atoms with E-state index >= 15 is 0 Å². The molecule has 0 bridgehead atoms. The van der Waals surface area contributed by atoms with Crippen LogP contribution >= 0.6 is 7.82 Å². The molecule has 0 heterocycles. The Hall–Kier alpha value is -2.26. The van der Waals surface area contributed by atoms with Crippen molar-refractivity contribution in [2.75, 3.05) is 26.4 Å². The third kappa shape index (κ3) is 39.3. The maximum atomic E-state index is 12.6. The fourth-order valence-electron chi connectivity index (χ4n) is 5.18. The van der Waals surface area contributed by atoms with E-state index in [9.17, 15) is 19.4 Å². The zero-order chi connectivity index (χ0) is 38.9. The number of phosphoric ester groups is 1. The predicted octanol–water partition coefficient (Wildman–Crippen LogP) is 11.3. The van der Waals surface area contributed by atoms with E-state index in [1.54, 1.807) is 18.4 Å². The van der Waals surface area contributed by atoms with Gasteiger partial charge in [0.25, 0.3) is 0 Å². The van der Waals surface area contributed by atoms with Gasteiger partial charge in [0.15, 0.2) is 6.10 Å². The summed E-state index contributed by atoms with van der Waals surface area (Å²) in [5.74, 6) is -0.516. The molecular weight excluding hydrogens is 689 g/mol. The monoisotopic (exact) mass is 766 g/mol. The van der Waals surface area contributed by atoms with Gasteiger partial charge in [0, 0.05) is 13.0 Å². The first-order valence-electron chi connectivity index (χ1n) is 20.6. The van der Waals surface area contributed by atoms with Crippen LogP contribution in [-0.4, -0.2) is 54.5 Å². The molecule has 0 rings (SSSR count). The molecule has 0 spiro atoms. The maximum Gasteiger partial charge on any atom is 0.472 e. The van der Waals surface area contributed by atoms with Crippen LogP contribution in [0.15, 0.2) is 73.1 Å². The van der Waals surface area contributed by atoms with Crippen molar-refractivity contribution in [1.82, 2.24) is 0 Å². The summed E-state index contributed by atoms with van der Waals surface area (Å²) in [5.41, 5.74) is 5.34. The maximum absolute atomic E-state index is 12.6. The van der Waals surface area contributed by atoms with Crippen molar-refractivity contribution in [3.63, 3.8) is 0 Å². The first-order valence-corrected chi connectivity index (χ1v) is 22.1. The van der Waals surface area contributed by atoms with Gasteiger partial charge < -0.3 is 25.2 Å². The minimum atomic E-state index is -4.35. The minimum Gasteiger partial charge on any atom is -0.498 e. The summed E-state index contributed by atoms with van der Waals surface area (Å²) in [6.07, 6.45) is 46.1. The normalized spacial score (nSPS) is 14.8. The zero-order valence-corrected chi connectivity index (χ0v) is 34.2. The molecule has 0 aromatic rings. The summed E-state index contributed by atoms with van der Waals surface area (Å²) < 4.78 is 33.0. The second-order valence-corrected chi connectivity index (χ2v) is 14.9. The number of carbonyl (C=O) groups is 1. The average Bonchev–Trinajstić information content (AvgIpc) is 3.14. The minimum absolute atomic E-state index is 0.0488. The quantitative estimate of drug-likeness (QED) is 0.0140. The summed E-state index contributed by atoms with van der Waals surface area (Å²) in [7, 11) is -4.35. The van der Waals surface area contributed by atoms with Gasteiger partial charge in [-0.25, -0.2) is 4.57 Å². The molecular formula is C43H76NO8P. The van der Waals surface area contributed by atoms with Gasteiger partial charge in [0.05, 0.1) is 25.6 Å². The second-order valence-electron chi connectivity index (χ2n) is 13.4. The number of unbranched alkanes of at least 4 members (excludes halogenated alkanes) is 14. The number of hydrogen-bond donors (Lipinski definition) is 3. The zero-order valence-electron chi connectivity index (χ0n) is 33.3. The van der Waals surface area contributed by atoms with E-state index < -0.39 is 26.0 Å². The molecule has 53 heavy (non-hydrogen) atoms. The molecule has 0 fully saturated rings. The number of hydrogen-bond acceptors (Lipinski definition) is 8. The summed E-state index contributed by atoms with van der Waals surface area (Å²) >= 11 is 0. The van der Waals surface area contributed by atoms with Gasteiger partial charge >= 0.3 is 13.8 Å². The SMILES string of the molecule is CCCCC/C=C\C/C=C\C/C=C\C=C\[C@H](O)CCCC(=O)O[C@H](CO/C=C/CCCCCC/C=C\CCCCCCCC)COP(=O)(O)OCCN. The van der Waals surface area contributed by atoms with Crippen molar-refractivity contribution >= 4 is 13.8 Å². The molecule has 0 aliphatic rings. The van der Waals surface area contributed by atoms with Crippen LogP contribution in [0.25, 0.3) is 0 Å². The molecule has 0 aliphatic heterocycles. The molecule has 0 aromatic carbocycles. The van der Waals surface area contributed by atoms with Crippen molar-refractivity contribution in [3.8, 4) is 0 Å². The highest BCUT2D eigenvalue weighted by atomic mass is 31.2. The Morgan fingerprint density at radius 2 is 1.23 bits per heavy atom. The lowest BCUT2D eigenvalue weighted by atomic mass is 10.1. The molecule has 0 aliphatic carbocycles. The number of allylic oxidation sites excluding steroid dienone is 10. The van der Waals surface area contributed by atoms with Crippen molar-refractivity contribution in [1.29, 1.82) is 0 Å². The lowest BCUT2D eigenvalue weighted by Gasteiger charge is -2.19. The van der Waals surface area contributed by atoms with E-state index in [4.69, 9.17) is 24.3 Å². The van der Waals surface area contributed by atoms with E-state index in [0.29, 0.717) is 12.8 Å². The van der Waals surface area contributed by atoms with E-state index in [0.717, 1.165) is 44.9 Å². The van der Waals surface area contributed by atoms with Crippen molar-refractivity contribution in [3.05, 3.63) is 73.1 Å². The highest BCUT2D eigenvalue weighted by Gasteiger charge is 2.25. The number of nitrogens with two attached hydrogens (primary N) is 1. The third-order valence-corrected chi connectivity index (χ3v) is 9.25. The highest BCUT2D eigenvalue weighted by Crippen LogP contribution is 2.43. The fourth-order valence-corrected chi connectivity index (χ4v) is 5.94. The molecule has 0 aromatic heterocycles. The van der Waals surface area contributed by atoms with E-state index in [1.165, 1.54) is 77.0 Å². The molecule has 0 saturated heterocycles. The number of esters is 1. The topological polar surface area (TPSA) is 138 Å². The molecule has 1 unspecified atom stereocenters. The van der Waals surface area contributed by atoms with E-state index in [2.05, 4.69) is 50.3 Å². The van der Waals surface area contributed by atoms with Crippen LogP contribution in [0.1, 0.15) is 155 Å². The van der Waals surface area contributed by atoms with E-state index in [-0.39, 0.29) is 32.8 Å². The predicted molar refractivity (Wildman–Crippen MR) is 220 cm³/mol. The molecule has 4 N–H and O–H groups in total. The lowest BCUT2D eigenvalue weighted by molar-refractivity contribution is -0.153. The second kappa shape index (κ2) is 39.4. The Morgan fingerprint density at radius 3 is 1.89 bits per heavy atom. The Labute approximate surface area is 323 Å². The van der Waals surface area contributed by atoms with Crippen LogP contribution in [-0.2, 0) is 27.9 Å². The summed E-state index contributed by atoms with van der Waals surface area (Å²) in [6, 6.07) is 0. The number of aliphatic hydroxyl groups excluding tert-OH is 1. The Kier molecular flexibility index (Phi) is 37.8. The van der Waals surface area contributed by atoms with Crippen LogP contribution in [0.4, 0.5) is 0 Å². The molecule has 9 nitrogen and oxygen atoms in total. The third-order valence-electron chi connectivity index (χ3n) is 8.26. The molecule has 0 amide bonds.